The second kappa shape index (κ2) is 9.14. The summed E-state index contributed by atoms with van der Waals surface area (Å²) in [4.78, 5) is 35.0. The summed E-state index contributed by atoms with van der Waals surface area (Å²) >= 11 is 0. The summed E-state index contributed by atoms with van der Waals surface area (Å²) in [6.45, 7) is 1.25. The summed E-state index contributed by atoms with van der Waals surface area (Å²) in [7, 11) is -3.61. The molecule has 0 fully saturated rings. The number of carbonyl (C=O) groups excluding carboxylic acids is 3. The Kier molecular flexibility index (Phi) is 6.89. The number of rotatable bonds is 8. The average molecular weight is 404 g/mol. The van der Waals surface area contributed by atoms with Crippen molar-refractivity contribution in [2.45, 2.75) is 24.3 Å². The molecule has 0 saturated heterocycles. The fraction of sp³-hybridized carbons (Fsp3) is 0.211. The SMILES string of the molecule is CC(=O)Oc1ccc(C(=O)N[C@@H](CCS(=O)(=O)c2ccccc2)C(N)=O)cc1. The van der Waals surface area contributed by atoms with Gasteiger partial charge in [0, 0.05) is 12.5 Å². The van der Waals surface area contributed by atoms with Crippen LogP contribution in [0.4, 0.5) is 0 Å². The summed E-state index contributed by atoms with van der Waals surface area (Å²) in [5, 5.41) is 2.43. The van der Waals surface area contributed by atoms with Crippen molar-refractivity contribution >= 4 is 27.6 Å². The van der Waals surface area contributed by atoms with Crippen molar-refractivity contribution in [2.24, 2.45) is 5.73 Å². The highest BCUT2D eigenvalue weighted by Crippen LogP contribution is 2.14. The van der Waals surface area contributed by atoms with Gasteiger partial charge in [-0.15, -0.1) is 0 Å². The Hall–Kier alpha value is -3.20. The van der Waals surface area contributed by atoms with E-state index < -0.39 is 33.7 Å². The first-order valence-electron chi connectivity index (χ1n) is 8.35. The van der Waals surface area contributed by atoms with Gasteiger partial charge in [-0.3, -0.25) is 14.4 Å². The smallest absolute Gasteiger partial charge is 0.308 e. The Morgan fingerprint density at radius 3 is 2.18 bits per heavy atom. The summed E-state index contributed by atoms with van der Waals surface area (Å²) < 4.78 is 29.5. The minimum Gasteiger partial charge on any atom is -0.427 e. The zero-order valence-electron chi connectivity index (χ0n) is 15.1. The number of primary amides is 1. The molecule has 0 spiro atoms. The average Bonchev–Trinajstić information content (AvgIpc) is 2.65. The fourth-order valence-electron chi connectivity index (χ4n) is 2.39. The Balaban J connectivity index is 2.03. The predicted molar refractivity (Wildman–Crippen MR) is 101 cm³/mol. The van der Waals surface area contributed by atoms with Gasteiger partial charge in [-0.1, -0.05) is 18.2 Å². The van der Waals surface area contributed by atoms with Crippen molar-refractivity contribution in [2.75, 3.05) is 5.75 Å². The molecule has 28 heavy (non-hydrogen) atoms. The number of hydrogen-bond donors (Lipinski definition) is 2. The lowest BCUT2D eigenvalue weighted by molar-refractivity contribution is -0.131. The number of ether oxygens (including phenoxy) is 1. The number of nitrogens with two attached hydrogens (primary N) is 1. The number of hydrogen-bond acceptors (Lipinski definition) is 6. The minimum absolute atomic E-state index is 0.130. The number of carbonyl (C=O) groups is 3. The lowest BCUT2D eigenvalue weighted by atomic mass is 10.1. The van der Waals surface area contributed by atoms with Crippen molar-refractivity contribution in [3.63, 3.8) is 0 Å². The van der Waals surface area contributed by atoms with E-state index in [-0.39, 0.29) is 28.4 Å². The molecule has 0 radical (unpaired) electrons. The topological polar surface area (TPSA) is 133 Å². The van der Waals surface area contributed by atoms with Gasteiger partial charge in [0.1, 0.15) is 11.8 Å². The van der Waals surface area contributed by atoms with E-state index in [1.807, 2.05) is 0 Å². The maximum Gasteiger partial charge on any atom is 0.308 e. The zero-order valence-corrected chi connectivity index (χ0v) is 15.9. The van der Waals surface area contributed by atoms with Crippen molar-refractivity contribution in [3.05, 3.63) is 60.2 Å². The highest BCUT2D eigenvalue weighted by atomic mass is 32.2. The largest absolute Gasteiger partial charge is 0.427 e. The second-order valence-electron chi connectivity index (χ2n) is 5.97. The molecule has 2 rings (SSSR count). The van der Waals surface area contributed by atoms with Gasteiger partial charge in [-0.25, -0.2) is 8.42 Å². The van der Waals surface area contributed by atoms with Crippen LogP contribution in [0.5, 0.6) is 5.75 Å². The van der Waals surface area contributed by atoms with Crippen molar-refractivity contribution < 1.29 is 27.5 Å². The normalized spacial score (nSPS) is 12.0. The lowest BCUT2D eigenvalue weighted by Crippen LogP contribution is -2.45. The van der Waals surface area contributed by atoms with Crippen LogP contribution in [0.15, 0.2) is 59.5 Å². The molecule has 1 atom stereocenters. The van der Waals surface area contributed by atoms with Crippen molar-refractivity contribution in [1.29, 1.82) is 0 Å². The molecule has 0 saturated carbocycles. The Labute approximate surface area is 162 Å². The molecule has 0 bridgehead atoms. The molecule has 2 amide bonds. The van der Waals surface area contributed by atoms with Crippen LogP contribution < -0.4 is 15.8 Å². The molecular formula is C19H20N2O6S. The standard InChI is InChI=1S/C19H20N2O6S/c1-13(22)27-15-9-7-14(8-10-15)19(24)21-17(18(20)23)11-12-28(25,26)16-5-3-2-4-6-16/h2-10,17H,11-12H2,1H3,(H2,20,23)(H,21,24)/t17-/m0/s1. The van der Waals surface area contributed by atoms with Crippen LogP contribution in [0, 0.1) is 0 Å². The van der Waals surface area contributed by atoms with Crippen LogP contribution in [0.25, 0.3) is 0 Å². The Morgan fingerprint density at radius 1 is 1.04 bits per heavy atom. The molecule has 2 aromatic carbocycles. The molecule has 0 aromatic heterocycles. The Bertz CT molecular complexity index is 956. The molecule has 0 aliphatic carbocycles. The Morgan fingerprint density at radius 2 is 1.64 bits per heavy atom. The summed E-state index contributed by atoms with van der Waals surface area (Å²) in [5.74, 6) is -2.02. The number of benzene rings is 2. The van der Waals surface area contributed by atoms with E-state index in [1.165, 1.54) is 43.3 Å². The molecule has 0 heterocycles. The van der Waals surface area contributed by atoms with Crippen LogP contribution in [0.1, 0.15) is 23.7 Å². The van der Waals surface area contributed by atoms with E-state index in [2.05, 4.69) is 5.32 Å². The van der Waals surface area contributed by atoms with Crippen LogP contribution in [0.2, 0.25) is 0 Å². The van der Waals surface area contributed by atoms with E-state index >= 15 is 0 Å². The van der Waals surface area contributed by atoms with Gasteiger partial charge in [-0.05, 0) is 42.8 Å². The second-order valence-corrected chi connectivity index (χ2v) is 8.08. The van der Waals surface area contributed by atoms with Crippen LogP contribution >= 0.6 is 0 Å². The molecular weight excluding hydrogens is 384 g/mol. The van der Waals surface area contributed by atoms with Crippen molar-refractivity contribution in [3.8, 4) is 5.75 Å². The summed E-state index contributed by atoms with van der Waals surface area (Å²) in [5.41, 5.74) is 5.51. The highest BCUT2D eigenvalue weighted by Gasteiger charge is 2.23. The summed E-state index contributed by atoms with van der Waals surface area (Å²) in [6, 6.07) is 12.3. The quantitative estimate of drug-likeness (QED) is 0.499. The van der Waals surface area contributed by atoms with E-state index in [0.29, 0.717) is 0 Å². The van der Waals surface area contributed by atoms with Gasteiger partial charge in [0.15, 0.2) is 9.84 Å². The monoisotopic (exact) mass is 404 g/mol. The highest BCUT2D eigenvalue weighted by molar-refractivity contribution is 7.91. The van der Waals surface area contributed by atoms with E-state index in [0.717, 1.165) is 0 Å². The van der Waals surface area contributed by atoms with E-state index in [9.17, 15) is 22.8 Å². The molecule has 0 aliphatic heterocycles. The van der Waals surface area contributed by atoms with Crippen LogP contribution in [-0.4, -0.2) is 38.0 Å². The fourth-order valence-corrected chi connectivity index (χ4v) is 3.74. The van der Waals surface area contributed by atoms with Gasteiger partial charge in [-0.2, -0.15) is 0 Å². The van der Waals surface area contributed by atoms with Gasteiger partial charge >= 0.3 is 5.97 Å². The predicted octanol–water partition coefficient (Wildman–Crippen LogP) is 1.06. The first-order valence-corrected chi connectivity index (χ1v) is 10.0. The maximum absolute atomic E-state index is 12.3. The third-order valence-corrected chi connectivity index (χ3v) is 5.57. The molecule has 8 nitrogen and oxygen atoms in total. The van der Waals surface area contributed by atoms with Gasteiger partial charge in [0.2, 0.25) is 5.91 Å². The van der Waals surface area contributed by atoms with E-state index in [1.54, 1.807) is 18.2 Å². The number of sulfone groups is 1. The number of nitrogens with one attached hydrogen (secondary N) is 1. The molecule has 9 heteroatoms. The van der Waals surface area contributed by atoms with E-state index in [4.69, 9.17) is 10.5 Å². The van der Waals surface area contributed by atoms with Gasteiger partial charge < -0.3 is 15.8 Å². The molecule has 0 unspecified atom stereocenters. The number of amides is 2. The van der Waals surface area contributed by atoms with Crippen LogP contribution in [0.3, 0.4) is 0 Å². The molecule has 0 aliphatic rings. The third-order valence-electron chi connectivity index (χ3n) is 3.80. The maximum atomic E-state index is 12.3. The van der Waals surface area contributed by atoms with Gasteiger partial charge in [0.05, 0.1) is 10.6 Å². The zero-order chi connectivity index (χ0) is 20.7. The first kappa shape index (κ1) is 21.1. The van der Waals surface area contributed by atoms with Gasteiger partial charge in [0.25, 0.3) is 5.91 Å². The minimum atomic E-state index is -3.61. The van der Waals surface area contributed by atoms with Crippen molar-refractivity contribution in [1.82, 2.24) is 5.32 Å². The molecule has 148 valence electrons. The number of esters is 1. The lowest BCUT2D eigenvalue weighted by Gasteiger charge is -2.16. The third kappa shape index (κ3) is 5.92. The molecule has 3 N–H and O–H groups in total. The first-order chi connectivity index (χ1) is 13.2. The van der Waals surface area contributed by atoms with Crippen LogP contribution in [-0.2, 0) is 19.4 Å². The molecule has 2 aromatic rings. The summed E-state index contributed by atoms with van der Waals surface area (Å²) in [6.07, 6.45) is -0.163.